The van der Waals surface area contributed by atoms with Crippen LogP contribution in [0.1, 0.15) is 44.0 Å². The Kier molecular flexibility index (Phi) is 7.12. The number of hydrogen-bond acceptors (Lipinski definition) is 5. The van der Waals surface area contributed by atoms with E-state index in [2.05, 4.69) is 15.2 Å². The van der Waals surface area contributed by atoms with Gasteiger partial charge in [0.1, 0.15) is 11.4 Å². The molecule has 0 aromatic carbocycles. The molecule has 1 aliphatic rings. The molecule has 0 saturated carbocycles. The van der Waals surface area contributed by atoms with E-state index < -0.39 is 11.6 Å². The maximum absolute atomic E-state index is 11.8. The summed E-state index contributed by atoms with van der Waals surface area (Å²) in [4.78, 5) is 28.9. The fourth-order valence-corrected chi connectivity index (χ4v) is 2.43. The van der Waals surface area contributed by atoms with E-state index in [-0.39, 0.29) is 36.6 Å². The summed E-state index contributed by atoms with van der Waals surface area (Å²) in [7, 11) is 0. The molecule has 0 bridgehead atoms. The molecule has 0 unspecified atom stereocenters. The molecular weight excluding hydrogens is 305 g/mol. The monoisotopic (exact) mass is 329 g/mol. The fraction of sp³-hybridized carbons (Fsp3) is 0.562. The normalized spacial score (nSPS) is 15.4. The van der Waals surface area contributed by atoms with E-state index in [1.54, 1.807) is 12.1 Å². The average molecular weight is 329 g/mol. The first-order chi connectivity index (χ1) is 10.7. The molecule has 8 heteroatoms. The summed E-state index contributed by atoms with van der Waals surface area (Å²) in [6.45, 7) is 7.00. The second-order valence-electron chi connectivity index (χ2n) is 6.62. The Balaban J connectivity index is 0.00000288. The van der Waals surface area contributed by atoms with Gasteiger partial charge in [-0.1, -0.05) is 0 Å². The van der Waals surface area contributed by atoms with Gasteiger partial charge in [-0.3, -0.25) is 0 Å². The molecule has 2 rings (SSSR count). The number of pyridine rings is 1. The third kappa shape index (κ3) is 6.06. The Morgan fingerprint density at radius 3 is 2.38 bits per heavy atom. The fourth-order valence-electron chi connectivity index (χ4n) is 2.43. The molecule has 1 aromatic rings. The summed E-state index contributed by atoms with van der Waals surface area (Å²) in [5.74, 6) is -0.227. The summed E-state index contributed by atoms with van der Waals surface area (Å²) >= 11 is 0. The van der Waals surface area contributed by atoms with Crippen LogP contribution >= 0.6 is 0 Å². The zero-order valence-electron chi connectivity index (χ0n) is 13.7. The topological polar surface area (TPSA) is 91.8 Å². The van der Waals surface area contributed by atoms with Crippen molar-refractivity contribution in [1.29, 1.82) is 0 Å². The van der Waals surface area contributed by atoms with Gasteiger partial charge in [-0.15, -0.1) is 0 Å². The van der Waals surface area contributed by atoms with Crippen LogP contribution in [0.25, 0.3) is 0 Å². The SMILES string of the molecule is CC(C)(C)OC(=O)NC1CCN(c2ccc(C(=O)O)cn2)CC1.[LiH]. The maximum atomic E-state index is 11.8. The summed E-state index contributed by atoms with van der Waals surface area (Å²) < 4.78 is 5.26. The quantitative estimate of drug-likeness (QED) is 0.819. The number of amides is 1. The van der Waals surface area contributed by atoms with E-state index in [4.69, 9.17) is 9.84 Å². The van der Waals surface area contributed by atoms with Crippen molar-refractivity contribution in [3.8, 4) is 0 Å². The molecule has 128 valence electrons. The Morgan fingerprint density at radius 2 is 1.92 bits per heavy atom. The van der Waals surface area contributed by atoms with E-state index in [1.807, 2.05) is 20.8 Å². The molecule has 0 aliphatic carbocycles. The number of carboxylic acid groups (broad SMARTS) is 1. The molecule has 1 amide bonds. The van der Waals surface area contributed by atoms with Crippen molar-refractivity contribution in [2.75, 3.05) is 18.0 Å². The van der Waals surface area contributed by atoms with Gasteiger partial charge in [-0.25, -0.2) is 14.6 Å². The molecule has 7 nitrogen and oxygen atoms in total. The number of piperidine rings is 1. The standard InChI is InChI=1S/C16H23N3O4.Li.H/c1-16(2,3)23-15(22)18-12-6-8-19(9-7-12)13-5-4-11(10-17-13)14(20)21;;/h4-5,10,12H,6-9H2,1-3H3,(H,18,22)(H,20,21);;. The van der Waals surface area contributed by atoms with Crippen molar-refractivity contribution in [2.24, 2.45) is 0 Å². The van der Waals surface area contributed by atoms with Crippen molar-refractivity contribution in [2.45, 2.75) is 45.3 Å². The van der Waals surface area contributed by atoms with Gasteiger partial charge in [-0.05, 0) is 45.7 Å². The average Bonchev–Trinajstić information content (AvgIpc) is 2.46. The molecule has 1 aliphatic heterocycles. The summed E-state index contributed by atoms with van der Waals surface area (Å²) in [6.07, 6.45) is 2.56. The molecule has 1 fully saturated rings. The number of carboxylic acids is 1. The number of ether oxygens (including phenoxy) is 1. The summed E-state index contributed by atoms with van der Waals surface area (Å²) in [5.41, 5.74) is -0.323. The van der Waals surface area contributed by atoms with Crippen LogP contribution in [-0.2, 0) is 4.74 Å². The van der Waals surface area contributed by atoms with Crippen LogP contribution in [-0.4, -0.2) is 65.7 Å². The van der Waals surface area contributed by atoms with Crippen LogP contribution in [0.2, 0.25) is 0 Å². The van der Waals surface area contributed by atoms with E-state index in [0.29, 0.717) is 0 Å². The van der Waals surface area contributed by atoms with Gasteiger partial charge in [0.25, 0.3) is 0 Å². The zero-order valence-corrected chi connectivity index (χ0v) is 13.7. The van der Waals surface area contributed by atoms with Gasteiger partial charge in [-0.2, -0.15) is 0 Å². The van der Waals surface area contributed by atoms with Crippen molar-refractivity contribution in [3.05, 3.63) is 23.9 Å². The zero-order chi connectivity index (χ0) is 17.0. The number of rotatable bonds is 3. The van der Waals surface area contributed by atoms with Crippen molar-refractivity contribution < 1.29 is 19.4 Å². The number of aromatic nitrogens is 1. The number of hydrogen-bond donors (Lipinski definition) is 2. The van der Waals surface area contributed by atoms with Gasteiger partial charge in [0, 0.05) is 25.3 Å². The third-order valence-electron chi connectivity index (χ3n) is 3.53. The predicted octanol–water partition coefficient (Wildman–Crippen LogP) is 1.62. The molecule has 0 spiro atoms. The van der Waals surface area contributed by atoms with Crippen LogP contribution in [0, 0.1) is 0 Å². The molecular formula is C16H24LiN3O4. The number of nitrogens with zero attached hydrogens (tertiary/aromatic N) is 2. The molecule has 1 saturated heterocycles. The Hall–Kier alpha value is -1.71. The molecule has 2 N–H and O–H groups in total. The molecule has 0 radical (unpaired) electrons. The first-order valence-electron chi connectivity index (χ1n) is 7.68. The Bertz CT molecular complexity index is 564. The molecule has 24 heavy (non-hydrogen) atoms. The van der Waals surface area contributed by atoms with Crippen LogP contribution in [0.3, 0.4) is 0 Å². The van der Waals surface area contributed by atoms with Crippen molar-refractivity contribution in [1.82, 2.24) is 10.3 Å². The first-order valence-corrected chi connectivity index (χ1v) is 7.68. The molecule has 2 heterocycles. The predicted molar refractivity (Wildman–Crippen MR) is 93.0 cm³/mol. The number of alkyl carbamates (subject to hydrolysis) is 1. The third-order valence-corrected chi connectivity index (χ3v) is 3.53. The van der Waals surface area contributed by atoms with Crippen molar-refractivity contribution >= 4 is 36.7 Å². The van der Waals surface area contributed by atoms with Crippen LogP contribution in [0.5, 0.6) is 0 Å². The van der Waals surface area contributed by atoms with Gasteiger partial charge >= 0.3 is 30.9 Å². The minimum absolute atomic E-state index is 0. The van der Waals surface area contributed by atoms with Gasteiger partial charge in [0.2, 0.25) is 0 Å². The number of anilines is 1. The second-order valence-corrected chi connectivity index (χ2v) is 6.62. The summed E-state index contributed by atoms with van der Waals surface area (Å²) in [5, 5.41) is 11.8. The van der Waals surface area contributed by atoms with Crippen LogP contribution in [0.15, 0.2) is 18.3 Å². The number of carbonyl (C=O) groups is 2. The van der Waals surface area contributed by atoms with Gasteiger partial charge in [0.05, 0.1) is 5.56 Å². The molecule has 1 aromatic heterocycles. The number of nitrogens with one attached hydrogen (secondary N) is 1. The number of carbonyl (C=O) groups excluding carboxylic acids is 1. The number of aromatic carboxylic acids is 1. The Morgan fingerprint density at radius 1 is 1.29 bits per heavy atom. The van der Waals surface area contributed by atoms with Gasteiger partial charge in [0.15, 0.2) is 0 Å². The van der Waals surface area contributed by atoms with Gasteiger partial charge < -0.3 is 20.1 Å². The minimum atomic E-state index is -0.982. The van der Waals surface area contributed by atoms with E-state index in [0.717, 1.165) is 31.7 Å². The Labute approximate surface area is 153 Å². The van der Waals surface area contributed by atoms with Crippen LogP contribution < -0.4 is 10.2 Å². The van der Waals surface area contributed by atoms with Crippen molar-refractivity contribution in [3.63, 3.8) is 0 Å². The molecule has 0 atom stereocenters. The van der Waals surface area contributed by atoms with E-state index in [9.17, 15) is 9.59 Å². The van der Waals surface area contributed by atoms with E-state index in [1.165, 1.54) is 6.20 Å². The first kappa shape index (κ1) is 20.3. The van der Waals surface area contributed by atoms with E-state index >= 15 is 0 Å². The second kappa shape index (κ2) is 8.40. The summed E-state index contributed by atoms with van der Waals surface area (Å²) in [6, 6.07) is 3.35. The van der Waals surface area contributed by atoms with Crippen LogP contribution in [0.4, 0.5) is 10.6 Å².